The maximum Gasteiger partial charge on any atom is 0.150 e. The Morgan fingerprint density at radius 1 is 1.11 bits per heavy atom. The Bertz CT molecular complexity index is 650. The fourth-order valence-corrected chi connectivity index (χ4v) is 1.48. The SMILES string of the molecule is N#Cc1cnc(Nc2ccccc2)c(C#N)c1N. The Kier molecular flexibility index (Phi) is 3.08. The van der Waals surface area contributed by atoms with Gasteiger partial charge in [-0.1, -0.05) is 18.2 Å². The predicted octanol–water partition coefficient (Wildman–Crippen LogP) is 2.15. The van der Waals surface area contributed by atoms with Gasteiger partial charge >= 0.3 is 0 Å². The van der Waals surface area contributed by atoms with Gasteiger partial charge in [-0.2, -0.15) is 10.5 Å². The standard InChI is InChI=1S/C13H9N5/c14-6-9-8-17-13(11(7-15)12(9)16)18-10-4-2-1-3-5-10/h1-5,8H,(H3,16,17,18). The van der Waals surface area contributed by atoms with Crippen LogP contribution in [0.3, 0.4) is 0 Å². The highest BCUT2D eigenvalue weighted by Crippen LogP contribution is 2.24. The maximum atomic E-state index is 9.08. The lowest BCUT2D eigenvalue weighted by atomic mass is 10.1. The lowest BCUT2D eigenvalue weighted by Gasteiger charge is -2.09. The van der Waals surface area contributed by atoms with Gasteiger partial charge in [0.2, 0.25) is 0 Å². The summed E-state index contributed by atoms with van der Waals surface area (Å²) >= 11 is 0. The van der Waals surface area contributed by atoms with Crippen LogP contribution in [0.1, 0.15) is 11.1 Å². The molecule has 18 heavy (non-hydrogen) atoms. The van der Waals surface area contributed by atoms with Crippen LogP contribution >= 0.6 is 0 Å². The second-order valence-electron chi connectivity index (χ2n) is 3.52. The highest BCUT2D eigenvalue weighted by molar-refractivity contribution is 5.74. The molecule has 0 saturated heterocycles. The van der Waals surface area contributed by atoms with Gasteiger partial charge in [0.15, 0.2) is 5.82 Å². The molecular formula is C13H9N5. The number of benzene rings is 1. The number of para-hydroxylation sites is 1. The van der Waals surface area contributed by atoms with Crippen LogP contribution in [0.4, 0.5) is 17.2 Å². The Hall–Kier alpha value is -3.05. The molecule has 1 aromatic heterocycles. The summed E-state index contributed by atoms with van der Waals surface area (Å²) in [6.07, 6.45) is 1.35. The number of pyridine rings is 1. The first-order valence-electron chi connectivity index (χ1n) is 5.17. The smallest absolute Gasteiger partial charge is 0.150 e. The van der Waals surface area contributed by atoms with E-state index >= 15 is 0 Å². The third kappa shape index (κ3) is 2.06. The van der Waals surface area contributed by atoms with E-state index in [9.17, 15) is 0 Å². The van der Waals surface area contributed by atoms with Crippen LogP contribution in [0.25, 0.3) is 0 Å². The average Bonchev–Trinajstić information content (AvgIpc) is 2.40. The molecule has 0 aliphatic heterocycles. The zero-order valence-electron chi connectivity index (χ0n) is 9.38. The average molecular weight is 235 g/mol. The van der Waals surface area contributed by atoms with Crippen LogP contribution < -0.4 is 11.1 Å². The summed E-state index contributed by atoms with van der Waals surface area (Å²) < 4.78 is 0. The Morgan fingerprint density at radius 2 is 1.83 bits per heavy atom. The second-order valence-corrected chi connectivity index (χ2v) is 3.52. The summed E-state index contributed by atoms with van der Waals surface area (Å²) in [7, 11) is 0. The van der Waals surface area contributed by atoms with Gasteiger partial charge < -0.3 is 11.1 Å². The molecule has 1 aromatic carbocycles. The van der Waals surface area contributed by atoms with E-state index in [4.69, 9.17) is 16.3 Å². The van der Waals surface area contributed by atoms with Crippen LogP contribution in [0.5, 0.6) is 0 Å². The number of rotatable bonds is 2. The van der Waals surface area contributed by atoms with Crippen molar-refractivity contribution in [2.75, 3.05) is 11.1 Å². The predicted molar refractivity (Wildman–Crippen MR) is 67.8 cm³/mol. The first-order valence-corrected chi connectivity index (χ1v) is 5.17. The molecule has 0 fully saturated rings. The van der Waals surface area contributed by atoms with Crippen molar-refractivity contribution >= 4 is 17.2 Å². The number of nitrogen functional groups attached to an aromatic ring is 1. The van der Waals surface area contributed by atoms with Gasteiger partial charge in [0.05, 0.1) is 11.3 Å². The van der Waals surface area contributed by atoms with E-state index in [1.54, 1.807) is 0 Å². The largest absolute Gasteiger partial charge is 0.396 e. The number of nitriles is 2. The van der Waals surface area contributed by atoms with Crippen molar-refractivity contribution in [3.63, 3.8) is 0 Å². The molecule has 3 N–H and O–H groups in total. The summed E-state index contributed by atoms with van der Waals surface area (Å²) in [5.41, 5.74) is 7.06. The molecule has 0 spiro atoms. The third-order valence-electron chi connectivity index (χ3n) is 2.39. The second kappa shape index (κ2) is 4.86. The lowest BCUT2D eigenvalue weighted by Crippen LogP contribution is -2.03. The first kappa shape index (κ1) is 11.4. The topological polar surface area (TPSA) is 98.5 Å². The molecule has 0 atom stereocenters. The lowest BCUT2D eigenvalue weighted by molar-refractivity contribution is 1.27. The van der Waals surface area contributed by atoms with Crippen LogP contribution in [0.2, 0.25) is 0 Å². The minimum absolute atomic E-state index is 0.147. The van der Waals surface area contributed by atoms with Crippen LogP contribution in [0, 0.1) is 22.7 Å². The van der Waals surface area contributed by atoms with E-state index in [2.05, 4.69) is 10.3 Å². The number of nitrogens with two attached hydrogens (primary N) is 1. The normalized spacial score (nSPS) is 9.22. The molecule has 5 heteroatoms. The number of anilines is 3. The molecule has 0 bridgehead atoms. The molecule has 0 amide bonds. The van der Waals surface area contributed by atoms with Gasteiger partial charge in [-0.15, -0.1) is 0 Å². The summed E-state index contributed by atoms with van der Waals surface area (Å²) in [6, 6.07) is 13.2. The van der Waals surface area contributed by atoms with Crippen molar-refractivity contribution in [1.29, 1.82) is 10.5 Å². The molecule has 86 valence electrons. The van der Waals surface area contributed by atoms with Gasteiger partial charge in [-0.05, 0) is 12.1 Å². The fraction of sp³-hybridized carbons (Fsp3) is 0. The zero-order valence-corrected chi connectivity index (χ0v) is 9.38. The van der Waals surface area contributed by atoms with Crippen molar-refractivity contribution in [2.45, 2.75) is 0 Å². The molecule has 0 unspecified atom stereocenters. The first-order chi connectivity index (χ1) is 8.76. The summed E-state index contributed by atoms with van der Waals surface area (Å²) in [6.45, 7) is 0. The minimum Gasteiger partial charge on any atom is -0.396 e. The maximum absolute atomic E-state index is 9.08. The van der Waals surface area contributed by atoms with Crippen LogP contribution in [-0.4, -0.2) is 4.98 Å². The molecule has 0 saturated carbocycles. The van der Waals surface area contributed by atoms with Crippen LogP contribution in [0.15, 0.2) is 36.5 Å². The van der Waals surface area contributed by atoms with Gasteiger partial charge in [-0.3, -0.25) is 0 Å². The van der Waals surface area contributed by atoms with Crippen molar-refractivity contribution in [3.8, 4) is 12.1 Å². The molecule has 0 aliphatic rings. The number of hydrogen-bond acceptors (Lipinski definition) is 5. The minimum atomic E-state index is 0.147. The Balaban J connectivity index is 2.45. The Morgan fingerprint density at radius 3 is 2.44 bits per heavy atom. The molecule has 1 heterocycles. The highest BCUT2D eigenvalue weighted by atomic mass is 15.0. The summed E-state index contributed by atoms with van der Waals surface area (Å²) in [5, 5.41) is 20.9. The molecule has 2 aromatic rings. The van der Waals surface area contributed by atoms with Crippen LogP contribution in [-0.2, 0) is 0 Å². The highest BCUT2D eigenvalue weighted by Gasteiger charge is 2.12. The number of nitrogens with zero attached hydrogens (tertiary/aromatic N) is 3. The number of hydrogen-bond donors (Lipinski definition) is 2. The van der Waals surface area contributed by atoms with Crippen molar-refractivity contribution in [3.05, 3.63) is 47.7 Å². The van der Waals surface area contributed by atoms with E-state index in [0.717, 1.165) is 5.69 Å². The summed E-state index contributed by atoms with van der Waals surface area (Å²) in [5.74, 6) is 0.347. The molecule has 2 rings (SSSR count). The summed E-state index contributed by atoms with van der Waals surface area (Å²) in [4.78, 5) is 4.04. The molecule has 0 aliphatic carbocycles. The van der Waals surface area contributed by atoms with E-state index in [1.807, 2.05) is 42.5 Å². The van der Waals surface area contributed by atoms with Crippen molar-refractivity contribution in [1.82, 2.24) is 4.98 Å². The van der Waals surface area contributed by atoms with Crippen molar-refractivity contribution < 1.29 is 0 Å². The zero-order chi connectivity index (χ0) is 13.0. The van der Waals surface area contributed by atoms with E-state index in [-0.39, 0.29) is 16.8 Å². The number of nitrogens with one attached hydrogen (secondary N) is 1. The van der Waals surface area contributed by atoms with Crippen molar-refractivity contribution in [2.24, 2.45) is 0 Å². The van der Waals surface area contributed by atoms with E-state index in [0.29, 0.717) is 5.82 Å². The van der Waals surface area contributed by atoms with Gasteiger partial charge in [0.25, 0.3) is 0 Å². The van der Waals surface area contributed by atoms with E-state index in [1.165, 1.54) is 6.20 Å². The van der Waals surface area contributed by atoms with Gasteiger partial charge in [-0.25, -0.2) is 4.98 Å². The van der Waals surface area contributed by atoms with Gasteiger partial charge in [0.1, 0.15) is 17.7 Å². The Labute approximate surface area is 104 Å². The molecular weight excluding hydrogens is 226 g/mol. The quantitative estimate of drug-likeness (QED) is 0.830. The monoisotopic (exact) mass is 235 g/mol. The number of aromatic nitrogens is 1. The fourth-order valence-electron chi connectivity index (χ4n) is 1.48. The van der Waals surface area contributed by atoms with Gasteiger partial charge in [0, 0.05) is 11.9 Å². The third-order valence-corrected chi connectivity index (χ3v) is 2.39. The molecule has 0 radical (unpaired) electrons. The molecule has 5 nitrogen and oxygen atoms in total. The van der Waals surface area contributed by atoms with E-state index < -0.39 is 0 Å².